The van der Waals surface area contributed by atoms with Crippen molar-refractivity contribution >= 4 is 0 Å². The van der Waals surface area contributed by atoms with E-state index in [-0.39, 0.29) is 0 Å². The van der Waals surface area contributed by atoms with E-state index in [0.717, 1.165) is 45.6 Å². The van der Waals surface area contributed by atoms with E-state index in [1.54, 1.807) is 0 Å². The Balaban J connectivity index is 1.99. The molecule has 4 heteroatoms. The lowest BCUT2D eigenvalue weighted by Crippen LogP contribution is -2.41. The van der Waals surface area contributed by atoms with Crippen LogP contribution in [0.2, 0.25) is 0 Å². The van der Waals surface area contributed by atoms with Gasteiger partial charge in [-0.15, -0.1) is 0 Å². The van der Waals surface area contributed by atoms with Crippen LogP contribution in [0.1, 0.15) is 31.9 Å². The zero-order valence-electron chi connectivity index (χ0n) is 11.6. The van der Waals surface area contributed by atoms with Crippen molar-refractivity contribution in [2.24, 2.45) is 12.5 Å². The summed E-state index contributed by atoms with van der Waals surface area (Å²) in [5, 5.41) is 8.11. The highest BCUT2D eigenvalue weighted by Crippen LogP contribution is 2.33. The Morgan fingerprint density at radius 1 is 1.44 bits per heavy atom. The smallest absolute Gasteiger partial charge is 0.0630 e. The first-order chi connectivity index (χ1) is 8.74. The number of nitrogens with one attached hydrogen (secondary N) is 1. The van der Waals surface area contributed by atoms with Gasteiger partial charge in [0.1, 0.15) is 0 Å². The maximum atomic E-state index is 5.52. The van der Waals surface area contributed by atoms with E-state index in [1.165, 1.54) is 12.1 Å². The number of aryl methyl sites for hydroxylation is 1. The van der Waals surface area contributed by atoms with Crippen LogP contribution in [0.5, 0.6) is 0 Å². The minimum atomic E-state index is 0.335. The molecule has 1 fully saturated rings. The van der Waals surface area contributed by atoms with Gasteiger partial charge < -0.3 is 10.1 Å². The molecule has 0 amide bonds. The highest BCUT2D eigenvalue weighted by molar-refractivity contribution is 5.04. The normalized spacial score (nSPS) is 19.0. The molecular formula is C14H25N3O. The summed E-state index contributed by atoms with van der Waals surface area (Å²) in [6.45, 7) is 6.18. The summed E-state index contributed by atoms with van der Waals surface area (Å²) in [6, 6.07) is 2.14. The van der Waals surface area contributed by atoms with Crippen LogP contribution < -0.4 is 5.32 Å². The lowest BCUT2D eigenvalue weighted by atomic mass is 9.76. The van der Waals surface area contributed by atoms with Gasteiger partial charge in [0.05, 0.1) is 5.69 Å². The summed E-state index contributed by atoms with van der Waals surface area (Å²) in [5.41, 5.74) is 1.54. The average molecular weight is 251 g/mol. The molecule has 0 spiro atoms. The minimum Gasteiger partial charge on any atom is -0.381 e. The van der Waals surface area contributed by atoms with Crippen molar-refractivity contribution in [1.82, 2.24) is 15.1 Å². The fourth-order valence-electron chi connectivity index (χ4n) is 2.69. The Bertz CT molecular complexity index is 356. The van der Waals surface area contributed by atoms with E-state index in [2.05, 4.69) is 23.4 Å². The molecule has 1 N–H and O–H groups in total. The molecule has 4 nitrogen and oxygen atoms in total. The number of hydrogen-bond acceptors (Lipinski definition) is 3. The molecular weight excluding hydrogens is 226 g/mol. The fraction of sp³-hybridized carbons (Fsp3) is 0.786. The molecule has 0 saturated carbocycles. The van der Waals surface area contributed by atoms with Gasteiger partial charge in [-0.25, -0.2) is 0 Å². The quantitative estimate of drug-likeness (QED) is 0.783. The molecule has 0 aromatic carbocycles. The predicted molar refractivity (Wildman–Crippen MR) is 72.6 cm³/mol. The van der Waals surface area contributed by atoms with Crippen LogP contribution in [0.25, 0.3) is 0 Å². The Kier molecular flexibility index (Phi) is 4.78. The van der Waals surface area contributed by atoms with Crippen molar-refractivity contribution in [2.75, 3.05) is 26.3 Å². The zero-order chi connectivity index (χ0) is 12.8. The van der Waals surface area contributed by atoms with Crippen LogP contribution in [0.4, 0.5) is 0 Å². The molecule has 1 aliphatic heterocycles. The molecule has 0 atom stereocenters. The summed E-state index contributed by atoms with van der Waals surface area (Å²) >= 11 is 0. The molecule has 0 unspecified atom stereocenters. The van der Waals surface area contributed by atoms with E-state index in [0.29, 0.717) is 5.41 Å². The van der Waals surface area contributed by atoms with Crippen LogP contribution in [-0.4, -0.2) is 36.1 Å². The van der Waals surface area contributed by atoms with Gasteiger partial charge in [-0.05, 0) is 43.7 Å². The van der Waals surface area contributed by atoms with Crippen molar-refractivity contribution in [3.05, 3.63) is 18.0 Å². The van der Waals surface area contributed by atoms with Crippen molar-refractivity contribution in [3.63, 3.8) is 0 Å². The summed E-state index contributed by atoms with van der Waals surface area (Å²) < 4.78 is 7.41. The summed E-state index contributed by atoms with van der Waals surface area (Å²) in [7, 11) is 1.98. The monoisotopic (exact) mass is 251 g/mol. The highest BCUT2D eigenvalue weighted by Gasteiger charge is 2.33. The first kappa shape index (κ1) is 13.6. The van der Waals surface area contributed by atoms with Gasteiger partial charge in [0.2, 0.25) is 0 Å². The molecule has 102 valence electrons. The number of rotatable bonds is 6. The van der Waals surface area contributed by atoms with Crippen molar-refractivity contribution in [1.29, 1.82) is 0 Å². The topological polar surface area (TPSA) is 39.1 Å². The van der Waals surface area contributed by atoms with Crippen LogP contribution in [-0.2, 0) is 18.2 Å². The Labute approximate surface area is 110 Å². The van der Waals surface area contributed by atoms with Crippen molar-refractivity contribution in [3.8, 4) is 0 Å². The molecule has 0 aliphatic carbocycles. The Hall–Kier alpha value is -0.870. The van der Waals surface area contributed by atoms with Gasteiger partial charge >= 0.3 is 0 Å². The number of ether oxygens (including phenoxy) is 1. The molecule has 2 rings (SSSR count). The lowest BCUT2D eigenvalue weighted by Gasteiger charge is -2.37. The second-order valence-corrected chi connectivity index (χ2v) is 5.45. The van der Waals surface area contributed by atoms with Gasteiger partial charge in [-0.2, -0.15) is 5.10 Å². The largest absolute Gasteiger partial charge is 0.381 e. The second-order valence-electron chi connectivity index (χ2n) is 5.45. The Morgan fingerprint density at radius 2 is 2.22 bits per heavy atom. The number of nitrogens with zero attached hydrogens (tertiary/aromatic N) is 2. The average Bonchev–Trinajstić information content (AvgIpc) is 2.76. The molecule has 18 heavy (non-hydrogen) atoms. The Morgan fingerprint density at radius 3 is 2.83 bits per heavy atom. The van der Waals surface area contributed by atoms with Crippen molar-refractivity contribution in [2.45, 2.75) is 32.6 Å². The fourth-order valence-corrected chi connectivity index (χ4v) is 2.69. The predicted octanol–water partition coefficient (Wildman–Crippen LogP) is 1.76. The van der Waals surface area contributed by atoms with E-state index in [9.17, 15) is 0 Å². The van der Waals surface area contributed by atoms with Gasteiger partial charge in [-0.3, -0.25) is 4.68 Å². The van der Waals surface area contributed by atoms with Crippen LogP contribution in [0.15, 0.2) is 12.3 Å². The lowest BCUT2D eigenvalue weighted by molar-refractivity contribution is 0.0145. The van der Waals surface area contributed by atoms with E-state index in [1.807, 2.05) is 17.9 Å². The van der Waals surface area contributed by atoms with E-state index < -0.39 is 0 Å². The molecule has 0 bridgehead atoms. The van der Waals surface area contributed by atoms with E-state index >= 15 is 0 Å². The standard InChI is InChI=1S/C14H25N3O/c1-3-7-15-12-14(5-9-18-10-6-14)11-13-4-8-17(2)16-13/h4,8,15H,3,5-7,9-12H2,1-2H3. The van der Waals surface area contributed by atoms with Crippen molar-refractivity contribution < 1.29 is 4.74 Å². The molecule has 1 aliphatic rings. The highest BCUT2D eigenvalue weighted by atomic mass is 16.5. The summed E-state index contributed by atoms with van der Waals surface area (Å²) in [4.78, 5) is 0. The maximum Gasteiger partial charge on any atom is 0.0630 e. The summed E-state index contributed by atoms with van der Waals surface area (Å²) in [5.74, 6) is 0. The maximum absolute atomic E-state index is 5.52. The van der Waals surface area contributed by atoms with Gasteiger partial charge in [0.25, 0.3) is 0 Å². The van der Waals surface area contributed by atoms with E-state index in [4.69, 9.17) is 4.74 Å². The molecule has 2 heterocycles. The van der Waals surface area contributed by atoms with Gasteiger partial charge in [0.15, 0.2) is 0 Å². The third-order valence-corrected chi connectivity index (χ3v) is 3.81. The molecule has 1 aromatic rings. The SMILES string of the molecule is CCCNCC1(Cc2ccn(C)n2)CCOCC1. The van der Waals surface area contributed by atoms with Gasteiger partial charge in [0, 0.05) is 33.0 Å². The minimum absolute atomic E-state index is 0.335. The first-order valence-electron chi connectivity index (χ1n) is 7.01. The second kappa shape index (κ2) is 6.34. The van der Waals surface area contributed by atoms with Crippen LogP contribution in [0.3, 0.4) is 0 Å². The molecule has 1 saturated heterocycles. The number of aromatic nitrogens is 2. The van der Waals surface area contributed by atoms with Gasteiger partial charge in [-0.1, -0.05) is 6.92 Å². The zero-order valence-corrected chi connectivity index (χ0v) is 11.6. The molecule has 1 aromatic heterocycles. The molecule has 0 radical (unpaired) electrons. The third kappa shape index (κ3) is 3.56. The summed E-state index contributed by atoms with van der Waals surface area (Å²) in [6.07, 6.45) is 6.56. The van der Waals surface area contributed by atoms with Crippen LogP contribution in [0, 0.1) is 5.41 Å². The third-order valence-electron chi connectivity index (χ3n) is 3.81. The number of hydrogen-bond donors (Lipinski definition) is 1. The first-order valence-corrected chi connectivity index (χ1v) is 7.01. The van der Waals surface area contributed by atoms with Crippen LogP contribution >= 0.6 is 0 Å².